The fourth-order valence-corrected chi connectivity index (χ4v) is 4.34. The first-order valence-electron chi connectivity index (χ1n) is 9.55. The van der Waals surface area contributed by atoms with Gasteiger partial charge < -0.3 is 0 Å². The Labute approximate surface area is 171 Å². The van der Waals surface area contributed by atoms with Crippen LogP contribution in [-0.2, 0) is 0 Å². The summed E-state index contributed by atoms with van der Waals surface area (Å²) in [4.78, 5) is 12.8. The number of fused-ring (bicyclic) bond motifs is 1. The molecule has 29 heavy (non-hydrogen) atoms. The summed E-state index contributed by atoms with van der Waals surface area (Å²) in [6, 6.07) is 20.6. The standard InChI is InChI=1S/C23H18FN3OS/c24-20-8-4-3-7-19(20)22-25-26-23(27(22)18-11-12-18)29-14-21(28)17-10-9-15-5-1-2-6-16(15)13-17/h1-10,13,18H,11-12,14H2. The third-order valence-electron chi connectivity index (χ3n) is 5.10. The quantitative estimate of drug-likeness (QED) is 0.313. The lowest BCUT2D eigenvalue weighted by molar-refractivity contribution is 0.102. The molecule has 1 heterocycles. The van der Waals surface area contributed by atoms with Crippen molar-refractivity contribution in [1.82, 2.24) is 14.8 Å². The number of hydrogen-bond acceptors (Lipinski definition) is 4. The van der Waals surface area contributed by atoms with Crippen molar-refractivity contribution in [3.05, 3.63) is 78.1 Å². The molecule has 1 aromatic heterocycles. The van der Waals surface area contributed by atoms with Crippen molar-refractivity contribution in [2.45, 2.75) is 24.0 Å². The van der Waals surface area contributed by atoms with E-state index in [4.69, 9.17) is 0 Å². The highest BCUT2D eigenvalue weighted by Gasteiger charge is 2.31. The van der Waals surface area contributed by atoms with Crippen LogP contribution in [0, 0.1) is 5.82 Å². The summed E-state index contributed by atoms with van der Waals surface area (Å²) in [5.74, 6) is 0.524. The molecule has 0 atom stereocenters. The first-order valence-corrected chi connectivity index (χ1v) is 10.5. The first-order chi connectivity index (χ1) is 14.2. The molecular weight excluding hydrogens is 385 g/mol. The molecule has 0 aliphatic heterocycles. The smallest absolute Gasteiger partial charge is 0.192 e. The number of carbonyl (C=O) groups excluding carboxylic acids is 1. The topological polar surface area (TPSA) is 47.8 Å². The number of carbonyl (C=O) groups is 1. The van der Waals surface area contributed by atoms with Crippen molar-refractivity contribution < 1.29 is 9.18 Å². The van der Waals surface area contributed by atoms with E-state index in [1.807, 2.05) is 47.0 Å². The molecule has 1 saturated carbocycles. The minimum atomic E-state index is -0.314. The highest BCUT2D eigenvalue weighted by atomic mass is 32.2. The van der Waals surface area contributed by atoms with Gasteiger partial charge >= 0.3 is 0 Å². The van der Waals surface area contributed by atoms with E-state index in [1.165, 1.54) is 17.8 Å². The zero-order valence-corrected chi connectivity index (χ0v) is 16.4. The number of nitrogens with zero attached hydrogens (tertiary/aromatic N) is 3. The number of thioether (sulfide) groups is 1. The van der Waals surface area contributed by atoms with Gasteiger partial charge in [0.25, 0.3) is 0 Å². The fraction of sp³-hybridized carbons (Fsp3) is 0.174. The van der Waals surface area contributed by atoms with E-state index in [9.17, 15) is 9.18 Å². The van der Waals surface area contributed by atoms with Crippen LogP contribution >= 0.6 is 11.8 Å². The summed E-state index contributed by atoms with van der Waals surface area (Å²) in [5, 5.41) is 11.3. The molecule has 0 radical (unpaired) electrons. The molecule has 1 aliphatic rings. The normalized spacial score (nSPS) is 13.7. The lowest BCUT2D eigenvalue weighted by Crippen LogP contribution is -2.05. The zero-order valence-electron chi connectivity index (χ0n) is 15.6. The Kier molecular flexibility index (Phi) is 4.64. The minimum Gasteiger partial charge on any atom is -0.299 e. The second-order valence-corrected chi connectivity index (χ2v) is 8.10. The van der Waals surface area contributed by atoms with Gasteiger partial charge in [-0.2, -0.15) is 0 Å². The molecule has 0 bridgehead atoms. The number of Topliss-reactive ketones (excluding diaryl/α,β-unsaturated/α-hetero) is 1. The SMILES string of the molecule is O=C(CSc1nnc(-c2ccccc2F)n1C1CC1)c1ccc2ccccc2c1. The van der Waals surface area contributed by atoms with Crippen molar-refractivity contribution in [3.63, 3.8) is 0 Å². The Morgan fingerprint density at radius 2 is 1.76 bits per heavy atom. The van der Waals surface area contributed by atoms with Gasteiger partial charge in [-0.15, -0.1) is 10.2 Å². The maximum absolute atomic E-state index is 14.3. The maximum atomic E-state index is 14.3. The molecule has 144 valence electrons. The molecule has 4 aromatic rings. The van der Waals surface area contributed by atoms with E-state index in [1.54, 1.807) is 18.2 Å². The predicted molar refractivity (Wildman–Crippen MR) is 113 cm³/mol. The second-order valence-electron chi connectivity index (χ2n) is 7.16. The van der Waals surface area contributed by atoms with Crippen LogP contribution in [0.15, 0.2) is 71.9 Å². The summed E-state index contributed by atoms with van der Waals surface area (Å²) >= 11 is 1.36. The summed E-state index contributed by atoms with van der Waals surface area (Å²) in [6.07, 6.45) is 2.04. The highest BCUT2D eigenvalue weighted by Crippen LogP contribution is 2.41. The van der Waals surface area contributed by atoms with Gasteiger partial charge in [0.2, 0.25) is 0 Å². The highest BCUT2D eigenvalue weighted by molar-refractivity contribution is 7.99. The number of halogens is 1. The van der Waals surface area contributed by atoms with Crippen molar-refractivity contribution >= 4 is 28.3 Å². The molecule has 0 unspecified atom stereocenters. The van der Waals surface area contributed by atoms with Gasteiger partial charge in [0, 0.05) is 11.6 Å². The third kappa shape index (κ3) is 3.56. The molecule has 1 fully saturated rings. The van der Waals surface area contributed by atoms with E-state index < -0.39 is 0 Å². The van der Waals surface area contributed by atoms with Crippen LogP contribution < -0.4 is 0 Å². The Morgan fingerprint density at radius 1 is 1.00 bits per heavy atom. The largest absolute Gasteiger partial charge is 0.299 e. The van der Waals surface area contributed by atoms with Gasteiger partial charge in [0.15, 0.2) is 16.8 Å². The minimum absolute atomic E-state index is 0.0403. The van der Waals surface area contributed by atoms with Crippen LogP contribution in [0.25, 0.3) is 22.2 Å². The van der Waals surface area contributed by atoms with E-state index >= 15 is 0 Å². The fourth-order valence-electron chi connectivity index (χ4n) is 3.44. The van der Waals surface area contributed by atoms with Crippen molar-refractivity contribution in [3.8, 4) is 11.4 Å². The second kappa shape index (κ2) is 7.44. The van der Waals surface area contributed by atoms with Crippen LogP contribution in [-0.4, -0.2) is 26.3 Å². The monoisotopic (exact) mass is 403 g/mol. The number of benzene rings is 3. The Hall–Kier alpha value is -2.99. The van der Waals surface area contributed by atoms with Gasteiger partial charge in [-0.3, -0.25) is 9.36 Å². The Morgan fingerprint density at radius 3 is 2.55 bits per heavy atom. The Balaban J connectivity index is 1.39. The van der Waals surface area contributed by atoms with Gasteiger partial charge in [-0.25, -0.2) is 4.39 Å². The van der Waals surface area contributed by atoms with Crippen LogP contribution in [0.5, 0.6) is 0 Å². The van der Waals surface area contributed by atoms with Crippen LogP contribution in [0.3, 0.4) is 0 Å². The summed E-state index contributed by atoms with van der Waals surface area (Å²) < 4.78 is 16.3. The number of hydrogen-bond donors (Lipinski definition) is 0. The number of ketones is 1. The summed E-state index contributed by atoms with van der Waals surface area (Å²) in [6.45, 7) is 0. The van der Waals surface area contributed by atoms with Crippen LogP contribution in [0.2, 0.25) is 0 Å². The maximum Gasteiger partial charge on any atom is 0.192 e. The van der Waals surface area contributed by atoms with E-state index in [-0.39, 0.29) is 23.4 Å². The molecule has 0 N–H and O–H groups in total. The molecular formula is C23H18FN3OS. The van der Waals surface area contributed by atoms with E-state index in [0.29, 0.717) is 22.1 Å². The number of rotatable bonds is 6. The van der Waals surface area contributed by atoms with Crippen LogP contribution in [0.4, 0.5) is 4.39 Å². The molecule has 0 spiro atoms. The lowest BCUT2D eigenvalue weighted by atomic mass is 10.1. The van der Waals surface area contributed by atoms with Gasteiger partial charge in [0.05, 0.1) is 11.3 Å². The summed E-state index contributed by atoms with van der Waals surface area (Å²) in [5.41, 5.74) is 1.13. The van der Waals surface area contributed by atoms with Crippen molar-refractivity contribution in [1.29, 1.82) is 0 Å². The third-order valence-corrected chi connectivity index (χ3v) is 6.04. The molecule has 3 aromatic carbocycles. The number of aromatic nitrogens is 3. The van der Waals surface area contributed by atoms with Crippen molar-refractivity contribution in [2.24, 2.45) is 0 Å². The molecule has 0 amide bonds. The summed E-state index contributed by atoms with van der Waals surface area (Å²) in [7, 11) is 0. The first kappa shape index (κ1) is 18.1. The molecule has 0 saturated heterocycles. The van der Waals surface area contributed by atoms with Crippen LogP contribution in [0.1, 0.15) is 29.2 Å². The molecule has 1 aliphatic carbocycles. The zero-order chi connectivity index (χ0) is 19.8. The van der Waals surface area contributed by atoms with E-state index in [2.05, 4.69) is 10.2 Å². The molecule has 5 rings (SSSR count). The predicted octanol–water partition coefficient (Wildman–Crippen LogP) is 5.55. The van der Waals surface area contributed by atoms with Gasteiger partial charge in [0.1, 0.15) is 5.82 Å². The van der Waals surface area contributed by atoms with E-state index in [0.717, 1.165) is 23.6 Å². The van der Waals surface area contributed by atoms with Gasteiger partial charge in [-0.1, -0.05) is 60.3 Å². The molecule has 6 heteroatoms. The van der Waals surface area contributed by atoms with Crippen molar-refractivity contribution in [2.75, 3.05) is 5.75 Å². The Bertz CT molecular complexity index is 1220. The van der Waals surface area contributed by atoms with Gasteiger partial charge in [-0.05, 0) is 41.8 Å². The molecule has 4 nitrogen and oxygen atoms in total. The average Bonchev–Trinajstić information content (AvgIpc) is 3.51. The average molecular weight is 403 g/mol. The lowest BCUT2D eigenvalue weighted by Gasteiger charge is -2.09.